The lowest BCUT2D eigenvalue weighted by Crippen LogP contribution is -2.43. The topological polar surface area (TPSA) is 145 Å². The zero-order valence-electron chi connectivity index (χ0n) is 11.8. The lowest BCUT2D eigenvalue weighted by atomic mass is 10.1. The average Bonchev–Trinajstić information content (AvgIpc) is 2.33. The molecule has 0 heterocycles. The Morgan fingerprint density at radius 1 is 1.10 bits per heavy atom. The number of nitrogens with one attached hydrogen (secondary N) is 1. The van der Waals surface area contributed by atoms with Gasteiger partial charge in [0.2, 0.25) is 17.7 Å². The minimum atomic E-state index is -0.649. The molecule has 0 aliphatic rings. The molecule has 0 atom stereocenters. The maximum Gasteiger partial charge on any atom is 0.238 e. The van der Waals surface area contributed by atoms with Crippen LogP contribution in [0.2, 0.25) is 0 Å². The summed E-state index contributed by atoms with van der Waals surface area (Å²) < 4.78 is 0. The van der Waals surface area contributed by atoms with Crippen LogP contribution in [0.4, 0.5) is 11.4 Å². The summed E-state index contributed by atoms with van der Waals surface area (Å²) >= 11 is 0. The summed E-state index contributed by atoms with van der Waals surface area (Å²) in [4.78, 5) is 35.0. The van der Waals surface area contributed by atoms with Gasteiger partial charge < -0.3 is 22.5 Å². The van der Waals surface area contributed by atoms with E-state index >= 15 is 0 Å². The van der Waals surface area contributed by atoms with E-state index in [-0.39, 0.29) is 19.6 Å². The molecule has 0 fully saturated rings. The molecule has 0 spiro atoms. The summed E-state index contributed by atoms with van der Waals surface area (Å²) in [6.07, 6.45) is 0. The first kappa shape index (κ1) is 16.4. The summed E-state index contributed by atoms with van der Waals surface area (Å²) in [5.41, 5.74) is 17.7. The van der Waals surface area contributed by atoms with Gasteiger partial charge in [0.15, 0.2) is 0 Å². The van der Waals surface area contributed by atoms with Crippen molar-refractivity contribution < 1.29 is 14.4 Å². The Kier molecular flexibility index (Phi) is 5.67. The Bertz CT molecular complexity index is 543. The van der Waals surface area contributed by atoms with Crippen molar-refractivity contribution in [2.75, 3.05) is 30.7 Å². The highest BCUT2D eigenvalue weighted by Gasteiger charge is 2.16. The summed E-state index contributed by atoms with van der Waals surface area (Å²) in [7, 11) is 0. The Morgan fingerprint density at radius 3 is 2.19 bits per heavy atom. The van der Waals surface area contributed by atoms with Gasteiger partial charge in [0.1, 0.15) is 0 Å². The molecule has 0 aliphatic heterocycles. The number of nitrogen functional groups attached to an aromatic ring is 1. The lowest BCUT2D eigenvalue weighted by molar-refractivity contribution is -0.123. The number of hydrogen-bond donors (Lipinski definition) is 4. The van der Waals surface area contributed by atoms with Crippen molar-refractivity contribution in [2.45, 2.75) is 6.92 Å². The monoisotopic (exact) mass is 293 g/mol. The van der Waals surface area contributed by atoms with Gasteiger partial charge in [-0.25, -0.2) is 0 Å². The second-order valence-corrected chi connectivity index (χ2v) is 4.65. The molecule has 0 bridgehead atoms. The van der Waals surface area contributed by atoms with E-state index < -0.39 is 17.7 Å². The summed E-state index contributed by atoms with van der Waals surface area (Å²) in [5, 5.41) is 2.66. The van der Waals surface area contributed by atoms with Crippen LogP contribution in [-0.4, -0.2) is 42.3 Å². The molecule has 1 aromatic carbocycles. The number of rotatable bonds is 7. The second-order valence-electron chi connectivity index (χ2n) is 4.65. The van der Waals surface area contributed by atoms with Crippen molar-refractivity contribution >= 4 is 29.1 Å². The predicted molar refractivity (Wildman–Crippen MR) is 79.0 cm³/mol. The van der Waals surface area contributed by atoms with Crippen LogP contribution in [0.25, 0.3) is 0 Å². The normalized spacial score (nSPS) is 10.4. The fraction of sp³-hybridized carbons (Fsp3) is 0.308. The van der Waals surface area contributed by atoms with Crippen LogP contribution < -0.4 is 22.5 Å². The highest BCUT2D eigenvalue weighted by molar-refractivity contribution is 5.94. The third kappa shape index (κ3) is 5.49. The van der Waals surface area contributed by atoms with Crippen LogP contribution in [0.1, 0.15) is 5.56 Å². The van der Waals surface area contributed by atoms with Crippen molar-refractivity contribution in [3.63, 3.8) is 0 Å². The summed E-state index contributed by atoms with van der Waals surface area (Å²) in [6.45, 7) is 1.13. The third-order valence-corrected chi connectivity index (χ3v) is 2.78. The van der Waals surface area contributed by atoms with Gasteiger partial charge in [-0.05, 0) is 24.6 Å². The fourth-order valence-electron chi connectivity index (χ4n) is 1.79. The smallest absolute Gasteiger partial charge is 0.238 e. The highest BCUT2D eigenvalue weighted by Crippen LogP contribution is 2.20. The molecule has 0 radical (unpaired) electrons. The quantitative estimate of drug-likeness (QED) is 0.466. The van der Waals surface area contributed by atoms with Gasteiger partial charge in [-0.15, -0.1) is 0 Å². The van der Waals surface area contributed by atoms with Gasteiger partial charge >= 0.3 is 0 Å². The molecule has 0 saturated heterocycles. The van der Waals surface area contributed by atoms with E-state index in [0.29, 0.717) is 11.4 Å². The first-order valence-corrected chi connectivity index (χ1v) is 6.23. The van der Waals surface area contributed by atoms with Gasteiger partial charge in [-0.3, -0.25) is 19.3 Å². The van der Waals surface area contributed by atoms with Crippen LogP contribution >= 0.6 is 0 Å². The molecule has 0 aliphatic carbocycles. The minimum Gasteiger partial charge on any atom is -0.398 e. The number of nitrogens with zero attached hydrogens (tertiary/aromatic N) is 1. The first-order valence-electron chi connectivity index (χ1n) is 6.23. The number of carbonyl (C=O) groups excluding carboxylic acids is 3. The molecule has 8 nitrogen and oxygen atoms in total. The van der Waals surface area contributed by atoms with E-state index in [4.69, 9.17) is 17.2 Å². The fourth-order valence-corrected chi connectivity index (χ4v) is 1.79. The molecule has 21 heavy (non-hydrogen) atoms. The first-order chi connectivity index (χ1) is 9.79. The summed E-state index contributed by atoms with van der Waals surface area (Å²) in [6, 6.07) is 5.14. The van der Waals surface area contributed by atoms with E-state index in [2.05, 4.69) is 5.32 Å². The van der Waals surface area contributed by atoms with Crippen LogP contribution in [0.5, 0.6) is 0 Å². The van der Waals surface area contributed by atoms with Crippen molar-refractivity contribution in [1.82, 2.24) is 4.90 Å². The van der Waals surface area contributed by atoms with Crippen molar-refractivity contribution in [3.05, 3.63) is 23.8 Å². The molecular weight excluding hydrogens is 274 g/mol. The van der Waals surface area contributed by atoms with Crippen LogP contribution in [0.15, 0.2) is 18.2 Å². The maximum absolute atomic E-state index is 12.0. The molecule has 3 amide bonds. The number of primary amides is 2. The molecular formula is C13H19N5O3. The molecule has 1 rings (SSSR count). The Morgan fingerprint density at radius 2 is 1.67 bits per heavy atom. The van der Waals surface area contributed by atoms with Gasteiger partial charge in [0.25, 0.3) is 0 Å². The zero-order valence-corrected chi connectivity index (χ0v) is 11.8. The molecule has 0 aromatic heterocycles. The zero-order chi connectivity index (χ0) is 16.0. The molecule has 7 N–H and O–H groups in total. The van der Waals surface area contributed by atoms with E-state index in [0.717, 1.165) is 5.56 Å². The van der Waals surface area contributed by atoms with Gasteiger partial charge in [-0.1, -0.05) is 6.07 Å². The van der Waals surface area contributed by atoms with Gasteiger partial charge in [0, 0.05) is 11.4 Å². The van der Waals surface area contributed by atoms with Crippen LogP contribution in [0.3, 0.4) is 0 Å². The van der Waals surface area contributed by atoms with Gasteiger partial charge in [-0.2, -0.15) is 0 Å². The van der Waals surface area contributed by atoms with E-state index in [1.807, 2.05) is 0 Å². The number of hydrogen-bond acceptors (Lipinski definition) is 5. The predicted octanol–water partition coefficient (Wildman–Crippen LogP) is -1.21. The van der Waals surface area contributed by atoms with Crippen LogP contribution in [-0.2, 0) is 14.4 Å². The lowest BCUT2D eigenvalue weighted by Gasteiger charge is -2.19. The van der Waals surface area contributed by atoms with E-state index in [9.17, 15) is 14.4 Å². The van der Waals surface area contributed by atoms with E-state index in [1.165, 1.54) is 4.90 Å². The van der Waals surface area contributed by atoms with E-state index in [1.54, 1.807) is 25.1 Å². The Balaban J connectivity index is 2.71. The number of carbonyl (C=O) groups is 3. The molecule has 1 aromatic rings. The van der Waals surface area contributed by atoms with Crippen molar-refractivity contribution in [3.8, 4) is 0 Å². The molecule has 8 heteroatoms. The van der Waals surface area contributed by atoms with Crippen molar-refractivity contribution in [2.24, 2.45) is 11.5 Å². The van der Waals surface area contributed by atoms with Crippen LogP contribution in [0, 0.1) is 6.92 Å². The average molecular weight is 293 g/mol. The Hall–Kier alpha value is -2.61. The molecule has 0 unspecified atom stereocenters. The summed E-state index contributed by atoms with van der Waals surface area (Å²) in [5.74, 6) is -1.69. The number of anilines is 2. The highest BCUT2D eigenvalue weighted by atomic mass is 16.2. The number of amides is 3. The molecule has 0 saturated carbocycles. The SMILES string of the molecule is Cc1c(N)cccc1NC(=O)CN(CC(N)=O)CC(N)=O. The minimum absolute atomic E-state index is 0.180. The number of nitrogens with two attached hydrogens (primary N) is 3. The van der Waals surface area contributed by atoms with Gasteiger partial charge in [0.05, 0.1) is 19.6 Å². The molecule has 114 valence electrons. The van der Waals surface area contributed by atoms with Crippen molar-refractivity contribution in [1.29, 1.82) is 0 Å². The Labute approximate surface area is 122 Å². The maximum atomic E-state index is 12.0. The largest absolute Gasteiger partial charge is 0.398 e. The number of benzene rings is 1. The second kappa shape index (κ2) is 7.25. The standard InChI is InChI=1S/C13H19N5O3/c1-8-9(14)3-2-4-10(8)17-13(21)7-18(5-11(15)19)6-12(16)20/h2-4H,5-7,14H2,1H3,(H2,15,19)(H2,16,20)(H,17,21). The third-order valence-electron chi connectivity index (χ3n) is 2.78.